The number of nitro benzene ring substituents is 1. The van der Waals surface area contributed by atoms with E-state index in [-0.39, 0.29) is 43.1 Å². The zero-order valence-electron chi connectivity index (χ0n) is 19.1. The first-order valence-corrected chi connectivity index (χ1v) is 10.1. The number of nitro groups is 1. The smallest absolute Gasteiger partial charge is 0.407 e. The molecule has 0 aromatic heterocycles. The molecule has 12 nitrogen and oxygen atoms in total. The number of ether oxygens (including phenoxy) is 3. The summed E-state index contributed by atoms with van der Waals surface area (Å²) in [5.74, 6) is -1.22. The Labute approximate surface area is 191 Å². The maximum atomic E-state index is 11.6. The molecule has 0 fully saturated rings. The number of methoxy groups -OCH3 is 1. The number of nitrogens with two attached hydrogens (primary N) is 1. The third-order valence-electron chi connectivity index (χ3n) is 3.90. The van der Waals surface area contributed by atoms with Gasteiger partial charge in [0, 0.05) is 31.1 Å². The summed E-state index contributed by atoms with van der Waals surface area (Å²) in [7, 11) is 1.27. The van der Waals surface area contributed by atoms with Crippen LogP contribution >= 0.6 is 0 Å². The van der Waals surface area contributed by atoms with E-state index in [0.717, 1.165) is 6.07 Å². The molecule has 2 amide bonds. The maximum Gasteiger partial charge on any atom is 0.407 e. The lowest BCUT2D eigenvalue weighted by Gasteiger charge is -2.19. The molecule has 0 aliphatic rings. The molecule has 0 unspecified atom stereocenters. The summed E-state index contributed by atoms with van der Waals surface area (Å²) < 4.78 is 15.3. The predicted molar refractivity (Wildman–Crippen MR) is 120 cm³/mol. The van der Waals surface area contributed by atoms with Gasteiger partial charge in [0.25, 0.3) is 5.69 Å². The van der Waals surface area contributed by atoms with Crippen LogP contribution in [-0.2, 0) is 14.3 Å². The second-order valence-corrected chi connectivity index (χ2v) is 7.75. The van der Waals surface area contributed by atoms with Crippen molar-refractivity contribution in [2.75, 3.05) is 32.1 Å². The van der Waals surface area contributed by atoms with E-state index in [1.165, 1.54) is 13.2 Å². The summed E-state index contributed by atoms with van der Waals surface area (Å²) in [6, 6.07) is 2.35. The van der Waals surface area contributed by atoms with Crippen LogP contribution in [0.5, 0.6) is 5.75 Å². The zero-order valence-corrected chi connectivity index (χ0v) is 19.1. The number of benzene rings is 1. The first-order valence-electron chi connectivity index (χ1n) is 10.1. The summed E-state index contributed by atoms with van der Waals surface area (Å²) >= 11 is 0. The molecule has 0 atom stereocenters. The number of carbonyl (C=O) groups excluding carboxylic acids is 3. The lowest BCUT2D eigenvalue weighted by molar-refractivity contribution is -0.384. The van der Waals surface area contributed by atoms with Gasteiger partial charge in [-0.1, -0.05) is 12.2 Å². The van der Waals surface area contributed by atoms with Crippen LogP contribution in [0.3, 0.4) is 0 Å². The summed E-state index contributed by atoms with van der Waals surface area (Å²) in [4.78, 5) is 45.3. The molecular formula is C21H30N4O8. The molecular weight excluding hydrogens is 436 g/mol. The van der Waals surface area contributed by atoms with Gasteiger partial charge in [0.2, 0.25) is 5.91 Å². The lowest BCUT2D eigenvalue weighted by atomic mass is 10.1. The number of nitrogens with one attached hydrogen (secondary N) is 2. The molecule has 182 valence electrons. The third kappa shape index (κ3) is 10.4. The second-order valence-electron chi connectivity index (χ2n) is 7.75. The van der Waals surface area contributed by atoms with Crippen LogP contribution in [0.25, 0.3) is 0 Å². The molecule has 4 N–H and O–H groups in total. The Hall–Kier alpha value is -3.83. The number of rotatable bonds is 12. The topological polar surface area (TPSA) is 172 Å². The number of esters is 1. The fraction of sp³-hybridized carbons (Fsp3) is 0.476. The third-order valence-corrected chi connectivity index (χ3v) is 3.90. The van der Waals surface area contributed by atoms with Gasteiger partial charge >= 0.3 is 12.1 Å². The number of amides is 2. The minimum Gasteiger partial charge on any atom is -0.491 e. The lowest BCUT2D eigenvalue weighted by Crippen LogP contribution is -2.32. The molecule has 0 saturated carbocycles. The molecule has 33 heavy (non-hydrogen) atoms. The Bertz CT molecular complexity index is 893. The highest BCUT2D eigenvalue weighted by Crippen LogP contribution is 2.36. The van der Waals surface area contributed by atoms with Gasteiger partial charge < -0.3 is 30.6 Å². The van der Waals surface area contributed by atoms with Gasteiger partial charge in [-0.05, 0) is 33.3 Å². The van der Waals surface area contributed by atoms with Gasteiger partial charge in [0.1, 0.15) is 11.4 Å². The van der Waals surface area contributed by atoms with Crippen LogP contribution in [0.15, 0.2) is 24.3 Å². The minimum absolute atomic E-state index is 0.0446. The van der Waals surface area contributed by atoms with Gasteiger partial charge in [-0.2, -0.15) is 0 Å². The summed E-state index contributed by atoms with van der Waals surface area (Å²) in [6.45, 7) is 5.65. The van der Waals surface area contributed by atoms with E-state index in [2.05, 4.69) is 15.4 Å². The molecule has 1 aromatic rings. The maximum absolute atomic E-state index is 11.6. The van der Waals surface area contributed by atoms with Gasteiger partial charge in [-0.3, -0.25) is 19.7 Å². The molecule has 0 aliphatic heterocycles. The monoisotopic (exact) mass is 466 g/mol. The van der Waals surface area contributed by atoms with Crippen molar-refractivity contribution in [2.45, 2.75) is 39.2 Å². The zero-order chi connectivity index (χ0) is 25.0. The average Bonchev–Trinajstić information content (AvgIpc) is 2.71. The van der Waals surface area contributed by atoms with Crippen molar-refractivity contribution < 1.29 is 33.5 Å². The molecule has 0 heterocycles. The van der Waals surface area contributed by atoms with Crippen LogP contribution in [0.2, 0.25) is 0 Å². The van der Waals surface area contributed by atoms with Crippen molar-refractivity contribution in [1.29, 1.82) is 0 Å². The second kappa shape index (κ2) is 12.9. The van der Waals surface area contributed by atoms with E-state index < -0.39 is 34.2 Å². The summed E-state index contributed by atoms with van der Waals surface area (Å²) in [6.07, 6.45) is 3.11. The Balaban J connectivity index is 2.86. The number of carbonyl (C=O) groups is 3. The average molecular weight is 466 g/mol. The molecule has 0 spiro atoms. The van der Waals surface area contributed by atoms with Gasteiger partial charge in [0.15, 0.2) is 5.69 Å². The molecule has 0 radical (unpaired) electrons. The number of anilines is 1. The predicted octanol–water partition coefficient (Wildman–Crippen LogP) is 2.52. The van der Waals surface area contributed by atoms with Crippen LogP contribution in [0, 0.1) is 10.1 Å². The molecule has 1 rings (SSSR count). The SMILES string of the molecule is COC(=O)CCCOc1cc(C(N)=O)cc([N+](=O)[O-])c1NC/C=C/CNC(=O)OC(C)(C)C. The van der Waals surface area contributed by atoms with Crippen molar-refractivity contribution in [3.8, 4) is 5.75 Å². The minimum atomic E-state index is -0.850. The summed E-state index contributed by atoms with van der Waals surface area (Å²) in [5.41, 5.74) is 4.23. The van der Waals surface area contributed by atoms with E-state index in [0.29, 0.717) is 6.42 Å². The van der Waals surface area contributed by atoms with Crippen LogP contribution in [-0.4, -0.2) is 55.3 Å². The van der Waals surface area contributed by atoms with Gasteiger partial charge in [0.05, 0.1) is 18.6 Å². The number of hydrogen-bond acceptors (Lipinski definition) is 9. The van der Waals surface area contributed by atoms with Crippen molar-refractivity contribution in [2.24, 2.45) is 5.73 Å². The number of hydrogen-bond donors (Lipinski definition) is 3. The molecule has 1 aromatic carbocycles. The van der Waals surface area contributed by atoms with Gasteiger partial charge in [-0.25, -0.2) is 4.79 Å². The first-order chi connectivity index (χ1) is 15.4. The highest BCUT2D eigenvalue weighted by molar-refractivity contribution is 5.95. The van der Waals surface area contributed by atoms with Crippen molar-refractivity contribution >= 4 is 29.3 Å². The number of primary amides is 1. The van der Waals surface area contributed by atoms with Crippen molar-refractivity contribution in [1.82, 2.24) is 5.32 Å². The quantitative estimate of drug-likeness (QED) is 0.137. The first kappa shape index (κ1) is 27.2. The van der Waals surface area contributed by atoms with Crippen LogP contribution in [0.4, 0.5) is 16.2 Å². The Morgan fingerprint density at radius 2 is 1.85 bits per heavy atom. The Morgan fingerprint density at radius 3 is 2.42 bits per heavy atom. The molecule has 0 saturated heterocycles. The largest absolute Gasteiger partial charge is 0.491 e. The molecule has 0 bridgehead atoms. The van der Waals surface area contributed by atoms with E-state index >= 15 is 0 Å². The number of nitrogens with zero attached hydrogens (tertiary/aromatic N) is 1. The van der Waals surface area contributed by atoms with E-state index in [1.54, 1.807) is 32.9 Å². The fourth-order valence-corrected chi connectivity index (χ4v) is 2.46. The number of alkyl carbamates (subject to hydrolysis) is 1. The van der Waals surface area contributed by atoms with Crippen LogP contribution < -0.4 is 21.1 Å². The highest BCUT2D eigenvalue weighted by atomic mass is 16.6. The van der Waals surface area contributed by atoms with E-state index in [1.807, 2.05) is 0 Å². The van der Waals surface area contributed by atoms with E-state index in [4.69, 9.17) is 15.2 Å². The Kier molecular flexibility index (Phi) is 10.6. The normalized spacial score (nSPS) is 11.0. The van der Waals surface area contributed by atoms with Crippen molar-refractivity contribution in [3.05, 3.63) is 40.0 Å². The Morgan fingerprint density at radius 1 is 1.18 bits per heavy atom. The van der Waals surface area contributed by atoms with Crippen LogP contribution in [0.1, 0.15) is 44.0 Å². The fourth-order valence-electron chi connectivity index (χ4n) is 2.46. The van der Waals surface area contributed by atoms with Crippen molar-refractivity contribution in [3.63, 3.8) is 0 Å². The standard InChI is InChI=1S/C21H30N4O8/c1-21(2,3)33-20(28)24-10-6-5-9-23-18-15(25(29)30)12-14(19(22)27)13-16(18)32-11-7-8-17(26)31-4/h5-6,12-13,23H,7-11H2,1-4H3,(H2,22,27)(H,24,28)/b6-5+. The van der Waals surface area contributed by atoms with Gasteiger partial charge in [-0.15, -0.1) is 0 Å². The van der Waals surface area contributed by atoms with E-state index in [9.17, 15) is 24.5 Å². The molecule has 12 heteroatoms. The molecule has 0 aliphatic carbocycles. The highest BCUT2D eigenvalue weighted by Gasteiger charge is 2.22. The summed E-state index contributed by atoms with van der Waals surface area (Å²) in [5, 5.41) is 17.0.